The molecule has 1 saturated heterocycles. The van der Waals surface area contributed by atoms with Gasteiger partial charge in [-0.2, -0.15) is 0 Å². The summed E-state index contributed by atoms with van der Waals surface area (Å²) in [6, 6.07) is 7.01. The Morgan fingerprint density at radius 1 is 1.33 bits per heavy atom. The molecule has 2 amide bonds. The first-order valence-electron chi connectivity index (χ1n) is 7.57. The van der Waals surface area contributed by atoms with Crippen LogP contribution in [-0.4, -0.2) is 35.6 Å². The molecule has 7 heteroatoms. The summed E-state index contributed by atoms with van der Waals surface area (Å²) in [4.78, 5) is 18.3. The number of anilines is 1. The second kappa shape index (κ2) is 7.38. The van der Waals surface area contributed by atoms with Crippen molar-refractivity contribution >= 4 is 34.9 Å². The number of carbonyl (C=O) groups excluding carboxylic acids is 1. The van der Waals surface area contributed by atoms with Crippen molar-refractivity contribution in [1.82, 2.24) is 9.88 Å². The Morgan fingerprint density at radius 3 is 2.92 bits per heavy atom. The zero-order valence-corrected chi connectivity index (χ0v) is 14.6. The normalized spacial score (nSPS) is 17.6. The van der Waals surface area contributed by atoms with Crippen LogP contribution in [0.2, 0.25) is 10.0 Å². The first-order valence-corrected chi connectivity index (χ1v) is 8.33. The zero-order valence-electron chi connectivity index (χ0n) is 13.1. The molecule has 24 heavy (non-hydrogen) atoms. The molecule has 0 saturated carbocycles. The van der Waals surface area contributed by atoms with Crippen LogP contribution in [-0.2, 0) is 4.74 Å². The highest BCUT2D eigenvalue weighted by atomic mass is 35.5. The SMILES string of the molecule is Cc1cnccc1NC(=O)N1CCOC(c2ccc(Cl)c(Cl)c2)C1. The van der Waals surface area contributed by atoms with Gasteiger partial charge in [0.25, 0.3) is 0 Å². The number of morpholine rings is 1. The maximum atomic E-state index is 12.5. The zero-order chi connectivity index (χ0) is 17.1. The third-order valence-corrected chi connectivity index (χ3v) is 4.67. The van der Waals surface area contributed by atoms with Gasteiger partial charge in [0.2, 0.25) is 0 Å². The van der Waals surface area contributed by atoms with E-state index in [-0.39, 0.29) is 12.1 Å². The molecule has 2 heterocycles. The van der Waals surface area contributed by atoms with Crippen LogP contribution in [0.3, 0.4) is 0 Å². The number of hydrogen-bond donors (Lipinski definition) is 1. The summed E-state index contributed by atoms with van der Waals surface area (Å²) in [5.41, 5.74) is 2.58. The molecule has 1 aliphatic rings. The molecule has 3 rings (SSSR count). The number of rotatable bonds is 2. The Morgan fingerprint density at radius 2 is 2.17 bits per heavy atom. The molecular weight excluding hydrogens is 349 g/mol. The van der Waals surface area contributed by atoms with E-state index in [0.717, 1.165) is 16.8 Å². The van der Waals surface area contributed by atoms with E-state index in [1.165, 1.54) is 0 Å². The Labute approximate surface area is 150 Å². The second-order valence-corrected chi connectivity index (χ2v) is 6.41. The van der Waals surface area contributed by atoms with Crippen molar-refractivity contribution in [1.29, 1.82) is 0 Å². The number of urea groups is 1. The van der Waals surface area contributed by atoms with E-state index in [0.29, 0.717) is 29.7 Å². The second-order valence-electron chi connectivity index (χ2n) is 5.60. The number of nitrogens with one attached hydrogen (secondary N) is 1. The van der Waals surface area contributed by atoms with Crippen molar-refractivity contribution in [2.24, 2.45) is 0 Å². The lowest BCUT2D eigenvalue weighted by molar-refractivity contribution is -0.0135. The Bertz CT molecular complexity index is 754. The van der Waals surface area contributed by atoms with Gasteiger partial charge >= 0.3 is 6.03 Å². The molecular formula is C17H17Cl2N3O2. The topological polar surface area (TPSA) is 54.5 Å². The summed E-state index contributed by atoms with van der Waals surface area (Å²) in [6.07, 6.45) is 3.14. The van der Waals surface area contributed by atoms with Crippen LogP contribution >= 0.6 is 23.2 Å². The van der Waals surface area contributed by atoms with E-state index in [9.17, 15) is 4.79 Å². The molecule has 0 bridgehead atoms. The van der Waals surface area contributed by atoms with Gasteiger partial charge in [-0.1, -0.05) is 29.3 Å². The van der Waals surface area contributed by atoms with Crippen LogP contribution in [0, 0.1) is 6.92 Å². The van der Waals surface area contributed by atoms with Crippen LogP contribution in [0.1, 0.15) is 17.2 Å². The number of ether oxygens (including phenoxy) is 1. The number of hydrogen-bond acceptors (Lipinski definition) is 3. The molecule has 1 N–H and O–H groups in total. The lowest BCUT2D eigenvalue weighted by Gasteiger charge is -2.33. The van der Waals surface area contributed by atoms with E-state index < -0.39 is 0 Å². The van der Waals surface area contributed by atoms with Crippen LogP contribution < -0.4 is 5.32 Å². The first kappa shape index (κ1) is 17.0. The Kier molecular flexibility index (Phi) is 5.23. The van der Waals surface area contributed by atoms with E-state index >= 15 is 0 Å². The van der Waals surface area contributed by atoms with Gasteiger partial charge in [-0.3, -0.25) is 4.98 Å². The van der Waals surface area contributed by atoms with E-state index in [4.69, 9.17) is 27.9 Å². The van der Waals surface area contributed by atoms with Crippen LogP contribution in [0.4, 0.5) is 10.5 Å². The fraction of sp³-hybridized carbons (Fsp3) is 0.294. The molecule has 1 aliphatic heterocycles. The van der Waals surface area contributed by atoms with Gasteiger partial charge in [0.15, 0.2) is 0 Å². The number of aromatic nitrogens is 1. The number of pyridine rings is 1. The highest BCUT2D eigenvalue weighted by molar-refractivity contribution is 6.42. The monoisotopic (exact) mass is 365 g/mol. The van der Waals surface area contributed by atoms with Crippen molar-refractivity contribution in [3.63, 3.8) is 0 Å². The van der Waals surface area contributed by atoms with Crippen molar-refractivity contribution in [2.45, 2.75) is 13.0 Å². The van der Waals surface area contributed by atoms with E-state index in [1.54, 1.807) is 35.5 Å². The van der Waals surface area contributed by atoms with Crippen LogP contribution in [0.25, 0.3) is 0 Å². The Balaban J connectivity index is 1.69. The number of halogens is 2. The maximum Gasteiger partial charge on any atom is 0.322 e. The Hall–Kier alpha value is -1.82. The molecule has 1 atom stereocenters. The summed E-state index contributed by atoms with van der Waals surface area (Å²) >= 11 is 12.0. The minimum Gasteiger partial charge on any atom is -0.370 e. The molecule has 1 fully saturated rings. The van der Waals surface area contributed by atoms with Gasteiger partial charge in [-0.25, -0.2) is 4.79 Å². The smallest absolute Gasteiger partial charge is 0.322 e. The van der Waals surface area contributed by atoms with Gasteiger partial charge in [0.1, 0.15) is 6.10 Å². The predicted molar refractivity (Wildman–Crippen MR) is 94.7 cm³/mol. The molecule has 0 aliphatic carbocycles. The summed E-state index contributed by atoms with van der Waals surface area (Å²) in [5.74, 6) is 0. The van der Waals surface area contributed by atoms with Crippen molar-refractivity contribution in [3.8, 4) is 0 Å². The lowest BCUT2D eigenvalue weighted by Crippen LogP contribution is -2.44. The standard InChI is InChI=1S/C17H17Cl2N3O2/c1-11-9-20-5-4-15(11)21-17(23)22-6-7-24-16(10-22)12-2-3-13(18)14(19)8-12/h2-5,8-9,16H,6-7,10H2,1H3,(H,20,21,23). The molecule has 0 spiro atoms. The molecule has 1 aromatic heterocycles. The van der Waals surface area contributed by atoms with Gasteiger partial charge in [-0.15, -0.1) is 0 Å². The minimum atomic E-state index is -0.224. The van der Waals surface area contributed by atoms with Gasteiger partial charge in [0.05, 0.1) is 23.2 Å². The molecule has 2 aromatic rings. The first-order chi connectivity index (χ1) is 11.5. The molecule has 5 nitrogen and oxygen atoms in total. The highest BCUT2D eigenvalue weighted by Crippen LogP contribution is 2.29. The fourth-order valence-corrected chi connectivity index (χ4v) is 2.86. The van der Waals surface area contributed by atoms with Gasteiger partial charge < -0.3 is 15.0 Å². The molecule has 1 unspecified atom stereocenters. The summed E-state index contributed by atoms with van der Waals surface area (Å²) in [7, 11) is 0. The van der Waals surface area contributed by atoms with Gasteiger partial charge in [0, 0.05) is 24.6 Å². The summed E-state index contributed by atoms with van der Waals surface area (Å²) < 4.78 is 5.78. The highest BCUT2D eigenvalue weighted by Gasteiger charge is 2.26. The molecule has 1 aromatic carbocycles. The van der Waals surface area contributed by atoms with Crippen molar-refractivity contribution < 1.29 is 9.53 Å². The summed E-state index contributed by atoms with van der Waals surface area (Å²) in [5, 5.41) is 3.89. The molecule has 126 valence electrons. The third kappa shape index (κ3) is 3.80. The number of amides is 2. The van der Waals surface area contributed by atoms with E-state index in [2.05, 4.69) is 10.3 Å². The van der Waals surface area contributed by atoms with Crippen molar-refractivity contribution in [3.05, 3.63) is 57.8 Å². The van der Waals surface area contributed by atoms with Crippen molar-refractivity contribution in [2.75, 3.05) is 25.0 Å². The minimum absolute atomic E-state index is 0.155. The van der Waals surface area contributed by atoms with Crippen LogP contribution in [0.15, 0.2) is 36.7 Å². The largest absolute Gasteiger partial charge is 0.370 e. The number of carbonyl (C=O) groups is 1. The third-order valence-electron chi connectivity index (χ3n) is 3.93. The lowest BCUT2D eigenvalue weighted by atomic mass is 10.1. The summed E-state index contributed by atoms with van der Waals surface area (Å²) in [6.45, 7) is 3.36. The van der Waals surface area contributed by atoms with Gasteiger partial charge in [-0.05, 0) is 36.2 Å². The average Bonchev–Trinajstić information content (AvgIpc) is 2.59. The predicted octanol–water partition coefficient (Wildman–Crippen LogP) is 4.30. The fourth-order valence-electron chi connectivity index (χ4n) is 2.56. The number of nitrogens with zero attached hydrogens (tertiary/aromatic N) is 2. The van der Waals surface area contributed by atoms with E-state index in [1.807, 2.05) is 13.0 Å². The average molecular weight is 366 g/mol. The maximum absolute atomic E-state index is 12.5. The number of benzene rings is 1. The number of aryl methyl sites for hydroxylation is 1. The molecule has 0 radical (unpaired) electrons. The van der Waals surface area contributed by atoms with Crippen LogP contribution in [0.5, 0.6) is 0 Å². The quantitative estimate of drug-likeness (QED) is 0.862.